The van der Waals surface area contributed by atoms with Crippen LogP contribution in [0.1, 0.15) is 30.4 Å². The fourth-order valence-corrected chi connectivity index (χ4v) is 1.89. The number of ether oxygens (including phenoxy) is 1. The number of rotatable bonds is 0. The third-order valence-corrected chi connectivity index (χ3v) is 2.47. The van der Waals surface area contributed by atoms with Crippen LogP contribution < -0.4 is 4.74 Å². The van der Waals surface area contributed by atoms with Crippen LogP contribution >= 0.6 is 0 Å². The van der Waals surface area contributed by atoms with Crippen LogP contribution in [0.3, 0.4) is 0 Å². The van der Waals surface area contributed by atoms with Gasteiger partial charge in [0, 0.05) is 5.56 Å². The van der Waals surface area contributed by atoms with Crippen LogP contribution in [0.2, 0.25) is 0 Å². The zero-order valence-corrected chi connectivity index (χ0v) is 7.83. The lowest BCUT2D eigenvalue weighted by atomic mass is 9.91. The molecule has 2 heteroatoms. The number of carbonyl (C=O) groups excluding carboxylic acids is 1. The quantitative estimate of drug-likeness (QED) is 0.448. The van der Waals surface area contributed by atoms with E-state index in [9.17, 15) is 4.79 Å². The predicted octanol–water partition coefficient (Wildman–Crippen LogP) is 2.41. The van der Waals surface area contributed by atoms with E-state index in [4.69, 9.17) is 4.74 Å². The number of esters is 1. The molecule has 0 fully saturated rings. The first-order valence-electron chi connectivity index (χ1n) is 4.48. The minimum atomic E-state index is -0.120. The van der Waals surface area contributed by atoms with Gasteiger partial charge in [-0.1, -0.05) is 19.1 Å². The summed E-state index contributed by atoms with van der Waals surface area (Å²) in [7, 11) is 0. The molecule has 2 rings (SSSR count). The van der Waals surface area contributed by atoms with Crippen molar-refractivity contribution in [2.24, 2.45) is 0 Å². The van der Waals surface area contributed by atoms with Crippen molar-refractivity contribution in [2.45, 2.75) is 26.2 Å². The number of carbonyl (C=O) groups is 1. The molecule has 13 heavy (non-hydrogen) atoms. The second-order valence-electron chi connectivity index (χ2n) is 3.57. The maximum absolute atomic E-state index is 11.1. The summed E-state index contributed by atoms with van der Waals surface area (Å²) in [6, 6.07) is 5.82. The normalized spacial score (nSPS) is 20.8. The van der Waals surface area contributed by atoms with Gasteiger partial charge in [0.15, 0.2) is 0 Å². The van der Waals surface area contributed by atoms with Gasteiger partial charge in [-0.15, -0.1) is 0 Å². The molecule has 0 saturated carbocycles. The van der Waals surface area contributed by atoms with Gasteiger partial charge < -0.3 is 4.74 Å². The Labute approximate surface area is 77.5 Å². The standard InChI is InChI=1S/C11H12O2/c1-7-4-3-5-9-11(7)8(2)6-10(12)13-9/h3-5,8H,6H2,1-2H3. The number of aryl methyl sites for hydroxylation is 1. The topological polar surface area (TPSA) is 26.3 Å². The molecule has 1 heterocycles. The molecule has 0 aromatic heterocycles. The summed E-state index contributed by atoms with van der Waals surface area (Å²) in [5, 5.41) is 0. The van der Waals surface area contributed by atoms with E-state index in [1.165, 1.54) is 11.1 Å². The molecule has 2 nitrogen and oxygen atoms in total. The molecule has 0 spiro atoms. The maximum atomic E-state index is 11.1. The molecule has 1 aromatic carbocycles. The Hall–Kier alpha value is -1.31. The summed E-state index contributed by atoms with van der Waals surface area (Å²) in [5.74, 6) is 0.909. The highest BCUT2D eigenvalue weighted by atomic mass is 16.5. The summed E-state index contributed by atoms with van der Waals surface area (Å²) in [5.41, 5.74) is 2.39. The maximum Gasteiger partial charge on any atom is 0.311 e. The van der Waals surface area contributed by atoms with Gasteiger partial charge in [-0.05, 0) is 24.5 Å². The number of hydrogen-bond donors (Lipinski definition) is 0. The van der Waals surface area contributed by atoms with Crippen LogP contribution in [0.15, 0.2) is 18.2 Å². The fourth-order valence-electron chi connectivity index (χ4n) is 1.89. The zero-order valence-electron chi connectivity index (χ0n) is 7.83. The fraction of sp³-hybridized carbons (Fsp3) is 0.364. The van der Waals surface area contributed by atoms with Gasteiger partial charge in [-0.2, -0.15) is 0 Å². The van der Waals surface area contributed by atoms with Crippen molar-refractivity contribution in [1.29, 1.82) is 0 Å². The van der Waals surface area contributed by atoms with Crippen LogP contribution in [0.5, 0.6) is 5.75 Å². The lowest BCUT2D eigenvalue weighted by molar-refractivity contribution is -0.135. The highest BCUT2D eigenvalue weighted by Gasteiger charge is 2.24. The van der Waals surface area contributed by atoms with E-state index < -0.39 is 0 Å². The summed E-state index contributed by atoms with van der Waals surface area (Å²) in [6.07, 6.45) is 0.498. The van der Waals surface area contributed by atoms with Crippen molar-refractivity contribution in [1.82, 2.24) is 0 Å². The smallest absolute Gasteiger partial charge is 0.311 e. The number of benzene rings is 1. The molecule has 0 bridgehead atoms. The third-order valence-electron chi connectivity index (χ3n) is 2.47. The molecule has 0 saturated heterocycles. The van der Waals surface area contributed by atoms with E-state index in [2.05, 4.69) is 19.9 Å². The molecule has 0 amide bonds. The summed E-state index contributed by atoms with van der Waals surface area (Å²) in [6.45, 7) is 4.11. The van der Waals surface area contributed by atoms with Gasteiger partial charge in [0.25, 0.3) is 0 Å². The molecule has 1 aliphatic heterocycles. The minimum absolute atomic E-state index is 0.120. The Kier molecular flexibility index (Phi) is 1.83. The number of hydrogen-bond acceptors (Lipinski definition) is 2. The van der Waals surface area contributed by atoms with E-state index in [0.29, 0.717) is 6.42 Å². The van der Waals surface area contributed by atoms with Gasteiger partial charge >= 0.3 is 5.97 Å². The number of fused-ring (bicyclic) bond motifs is 1. The van der Waals surface area contributed by atoms with E-state index in [-0.39, 0.29) is 11.9 Å². The van der Waals surface area contributed by atoms with Gasteiger partial charge in [0.1, 0.15) is 5.75 Å². The summed E-state index contributed by atoms with van der Waals surface area (Å²) < 4.78 is 5.14. The van der Waals surface area contributed by atoms with Crippen molar-refractivity contribution in [3.63, 3.8) is 0 Å². The van der Waals surface area contributed by atoms with Crippen molar-refractivity contribution in [3.05, 3.63) is 29.3 Å². The Morgan fingerprint density at radius 1 is 1.46 bits per heavy atom. The molecule has 1 unspecified atom stereocenters. The SMILES string of the molecule is Cc1cccc2c1C(C)CC(=O)O2. The summed E-state index contributed by atoms with van der Waals surface area (Å²) >= 11 is 0. The largest absolute Gasteiger partial charge is 0.426 e. The van der Waals surface area contributed by atoms with E-state index in [1.54, 1.807) is 0 Å². The lowest BCUT2D eigenvalue weighted by Crippen LogP contribution is -2.19. The van der Waals surface area contributed by atoms with Gasteiger partial charge in [-0.3, -0.25) is 4.79 Å². The van der Waals surface area contributed by atoms with Crippen LogP contribution in [0, 0.1) is 6.92 Å². The van der Waals surface area contributed by atoms with Crippen molar-refractivity contribution in [2.75, 3.05) is 0 Å². The first-order chi connectivity index (χ1) is 6.18. The summed E-state index contributed by atoms with van der Waals surface area (Å²) in [4.78, 5) is 11.1. The van der Waals surface area contributed by atoms with Crippen molar-refractivity contribution in [3.8, 4) is 5.75 Å². The monoisotopic (exact) mass is 176 g/mol. The molecule has 1 atom stereocenters. The van der Waals surface area contributed by atoms with E-state index >= 15 is 0 Å². The molecule has 0 aliphatic carbocycles. The second-order valence-corrected chi connectivity index (χ2v) is 3.57. The van der Waals surface area contributed by atoms with E-state index in [0.717, 1.165) is 5.75 Å². The van der Waals surface area contributed by atoms with Crippen LogP contribution in [-0.2, 0) is 4.79 Å². The highest BCUT2D eigenvalue weighted by Crippen LogP contribution is 2.35. The van der Waals surface area contributed by atoms with Crippen LogP contribution in [0.25, 0.3) is 0 Å². The molecule has 0 radical (unpaired) electrons. The Bertz CT molecular complexity index is 355. The first-order valence-corrected chi connectivity index (χ1v) is 4.48. The van der Waals surface area contributed by atoms with Gasteiger partial charge in [-0.25, -0.2) is 0 Å². The zero-order chi connectivity index (χ0) is 9.42. The molecular weight excluding hydrogens is 164 g/mol. The van der Waals surface area contributed by atoms with E-state index in [1.807, 2.05) is 12.1 Å². The second kappa shape index (κ2) is 2.87. The molecule has 1 aliphatic rings. The van der Waals surface area contributed by atoms with Crippen LogP contribution in [-0.4, -0.2) is 5.97 Å². The average Bonchev–Trinajstić information content (AvgIpc) is 2.02. The third kappa shape index (κ3) is 1.32. The van der Waals surface area contributed by atoms with Gasteiger partial charge in [0.2, 0.25) is 0 Å². The molecule has 0 N–H and O–H groups in total. The highest BCUT2D eigenvalue weighted by molar-refractivity contribution is 5.76. The Morgan fingerprint density at radius 3 is 3.00 bits per heavy atom. The molecule has 68 valence electrons. The van der Waals surface area contributed by atoms with Gasteiger partial charge in [0.05, 0.1) is 6.42 Å². The lowest BCUT2D eigenvalue weighted by Gasteiger charge is -2.22. The molecular formula is C11H12O2. The predicted molar refractivity (Wildman–Crippen MR) is 49.8 cm³/mol. The van der Waals surface area contributed by atoms with Crippen molar-refractivity contribution < 1.29 is 9.53 Å². The van der Waals surface area contributed by atoms with Crippen LogP contribution in [0.4, 0.5) is 0 Å². The Balaban J connectivity index is 2.55. The average molecular weight is 176 g/mol. The van der Waals surface area contributed by atoms with Crippen molar-refractivity contribution >= 4 is 5.97 Å². The minimum Gasteiger partial charge on any atom is -0.426 e. The first kappa shape index (κ1) is 8.30. The Morgan fingerprint density at radius 2 is 2.23 bits per heavy atom. The molecule has 1 aromatic rings.